The second-order valence-electron chi connectivity index (χ2n) is 7.36. The molecule has 11 heteroatoms. The van der Waals surface area contributed by atoms with E-state index in [-0.39, 0.29) is 34.4 Å². The standard InChI is InChI=1S/C18H18ClF3N2O4S/c19-14-8-12(28-10-18(20,21)22)2-4-15(14)29(26,27)13-3-1-11(7-13)16(25)24-17(9-23)5-6-17/h2,4,8,11,13H,1,3,5-7,10H2,(H,24,25)/t11-,13-/m1/s1. The van der Waals surface area contributed by atoms with Gasteiger partial charge in [0.05, 0.1) is 21.2 Å². The number of nitrogens with zero attached hydrogens (tertiary/aromatic N) is 1. The largest absolute Gasteiger partial charge is 0.484 e. The third-order valence-corrected chi connectivity index (χ3v) is 7.83. The highest BCUT2D eigenvalue weighted by Gasteiger charge is 2.47. The van der Waals surface area contributed by atoms with E-state index in [9.17, 15) is 26.4 Å². The zero-order chi connectivity index (χ0) is 21.4. The van der Waals surface area contributed by atoms with Gasteiger partial charge in [0.15, 0.2) is 16.4 Å². The minimum absolute atomic E-state index is 0.0956. The molecule has 0 bridgehead atoms. The lowest BCUT2D eigenvalue weighted by molar-refractivity contribution is -0.153. The first-order valence-electron chi connectivity index (χ1n) is 8.92. The summed E-state index contributed by atoms with van der Waals surface area (Å²) in [5, 5.41) is 10.7. The van der Waals surface area contributed by atoms with Crippen molar-refractivity contribution in [1.82, 2.24) is 5.32 Å². The molecule has 0 unspecified atom stereocenters. The van der Waals surface area contributed by atoms with Gasteiger partial charge < -0.3 is 10.1 Å². The van der Waals surface area contributed by atoms with Crippen LogP contribution < -0.4 is 10.1 Å². The average Bonchev–Trinajstić information content (AvgIpc) is 3.21. The van der Waals surface area contributed by atoms with Crippen LogP contribution in [0.2, 0.25) is 5.02 Å². The molecule has 1 aromatic carbocycles. The molecule has 2 aliphatic carbocycles. The number of ether oxygens (including phenoxy) is 1. The van der Waals surface area contributed by atoms with Crippen molar-refractivity contribution in [2.45, 2.75) is 54.0 Å². The zero-order valence-electron chi connectivity index (χ0n) is 15.1. The van der Waals surface area contributed by atoms with E-state index in [2.05, 4.69) is 16.1 Å². The number of alkyl halides is 3. The first-order chi connectivity index (χ1) is 13.5. The Bertz CT molecular complexity index is 955. The molecule has 0 aromatic heterocycles. The van der Waals surface area contributed by atoms with Crippen LogP contribution in [0, 0.1) is 17.2 Å². The van der Waals surface area contributed by atoms with Gasteiger partial charge in [-0.2, -0.15) is 18.4 Å². The summed E-state index contributed by atoms with van der Waals surface area (Å²) < 4.78 is 67.1. The average molecular weight is 451 g/mol. The summed E-state index contributed by atoms with van der Waals surface area (Å²) in [6, 6.07) is 5.32. The van der Waals surface area contributed by atoms with Crippen LogP contribution in [0.5, 0.6) is 5.75 Å². The summed E-state index contributed by atoms with van der Waals surface area (Å²) in [5.41, 5.74) is -0.816. The molecule has 0 heterocycles. The van der Waals surface area contributed by atoms with Gasteiger partial charge in [0.2, 0.25) is 5.91 Å². The molecule has 1 amide bonds. The van der Waals surface area contributed by atoms with Gasteiger partial charge in [0, 0.05) is 12.0 Å². The van der Waals surface area contributed by atoms with Crippen LogP contribution in [-0.4, -0.2) is 37.9 Å². The maximum absolute atomic E-state index is 12.9. The lowest BCUT2D eigenvalue weighted by Gasteiger charge is -2.16. The molecule has 0 radical (unpaired) electrons. The fourth-order valence-electron chi connectivity index (χ4n) is 3.33. The van der Waals surface area contributed by atoms with E-state index in [0.717, 1.165) is 18.2 Å². The molecule has 2 fully saturated rings. The third kappa shape index (κ3) is 4.95. The molecule has 1 N–H and O–H groups in total. The summed E-state index contributed by atoms with van der Waals surface area (Å²) in [5.74, 6) is -1.04. The van der Waals surface area contributed by atoms with E-state index in [4.69, 9.17) is 16.9 Å². The Labute approximate surface area is 170 Å². The Balaban J connectivity index is 1.68. The van der Waals surface area contributed by atoms with E-state index >= 15 is 0 Å². The number of rotatable bonds is 6. The Morgan fingerprint density at radius 3 is 2.59 bits per heavy atom. The summed E-state index contributed by atoms with van der Waals surface area (Å²) in [7, 11) is -3.88. The molecular weight excluding hydrogens is 433 g/mol. The van der Waals surface area contributed by atoms with E-state index in [0.29, 0.717) is 19.3 Å². The van der Waals surface area contributed by atoms with E-state index in [1.165, 1.54) is 0 Å². The van der Waals surface area contributed by atoms with Gasteiger partial charge in [0.25, 0.3) is 0 Å². The molecule has 2 saturated carbocycles. The molecule has 158 valence electrons. The van der Waals surface area contributed by atoms with Crippen LogP contribution in [0.1, 0.15) is 32.1 Å². The molecule has 29 heavy (non-hydrogen) atoms. The Morgan fingerprint density at radius 1 is 1.34 bits per heavy atom. The number of amides is 1. The molecule has 3 rings (SSSR count). The molecule has 2 aliphatic rings. The number of nitriles is 1. The maximum atomic E-state index is 12.9. The van der Waals surface area contributed by atoms with E-state index in [1.807, 2.05) is 0 Å². The first kappa shape index (κ1) is 21.7. The maximum Gasteiger partial charge on any atom is 0.422 e. The summed E-state index contributed by atoms with van der Waals surface area (Å²) in [6.45, 7) is -1.51. The van der Waals surface area contributed by atoms with Gasteiger partial charge in [-0.05, 0) is 44.2 Å². The molecule has 1 aromatic rings. The molecule has 0 spiro atoms. The van der Waals surface area contributed by atoms with Crippen LogP contribution in [0.25, 0.3) is 0 Å². The van der Waals surface area contributed by atoms with Crippen LogP contribution in [0.3, 0.4) is 0 Å². The normalized spacial score (nSPS) is 23.3. The molecular formula is C18H18ClF3N2O4S. The van der Waals surface area contributed by atoms with Gasteiger partial charge in [-0.15, -0.1) is 0 Å². The smallest absolute Gasteiger partial charge is 0.422 e. The Morgan fingerprint density at radius 2 is 2.03 bits per heavy atom. The van der Waals surface area contributed by atoms with Crippen LogP contribution in [0.4, 0.5) is 13.2 Å². The van der Waals surface area contributed by atoms with E-state index < -0.39 is 39.3 Å². The van der Waals surface area contributed by atoms with Gasteiger partial charge in [-0.1, -0.05) is 11.6 Å². The SMILES string of the molecule is N#CC1(NC(=O)[C@@H]2CC[C@@H](S(=O)(=O)c3ccc(OCC(F)(F)F)cc3Cl)C2)CC1. The second-order valence-corrected chi connectivity index (χ2v) is 9.96. The van der Waals surface area contributed by atoms with Gasteiger partial charge in [-0.3, -0.25) is 4.79 Å². The minimum Gasteiger partial charge on any atom is -0.484 e. The van der Waals surface area contributed by atoms with Crippen molar-refractivity contribution in [3.63, 3.8) is 0 Å². The number of benzene rings is 1. The van der Waals surface area contributed by atoms with Gasteiger partial charge in [-0.25, -0.2) is 8.42 Å². The van der Waals surface area contributed by atoms with Crippen molar-refractivity contribution < 1.29 is 31.1 Å². The summed E-state index contributed by atoms with van der Waals surface area (Å²) in [4.78, 5) is 12.1. The number of sulfone groups is 1. The van der Waals surface area contributed by atoms with Crippen molar-refractivity contribution in [1.29, 1.82) is 5.26 Å². The second kappa shape index (κ2) is 7.69. The topological polar surface area (TPSA) is 96.3 Å². The third-order valence-electron chi connectivity index (χ3n) is 5.13. The zero-order valence-corrected chi connectivity index (χ0v) is 16.7. The van der Waals surface area contributed by atoms with Crippen molar-refractivity contribution in [3.05, 3.63) is 23.2 Å². The minimum atomic E-state index is -4.53. The van der Waals surface area contributed by atoms with E-state index in [1.54, 1.807) is 0 Å². The van der Waals surface area contributed by atoms with Crippen LogP contribution in [-0.2, 0) is 14.6 Å². The lowest BCUT2D eigenvalue weighted by Crippen LogP contribution is -2.39. The number of carbonyl (C=O) groups is 1. The Hall–Kier alpha value is -1.99. The fourth-order valence-corrected chi connectivity index (χ4v) is 5.71. The Kier molecular flexibility index (Phi) is 5.75. The number of carbonyl (C=O) groups excluding carboxylic acids is 1. The monoisotopic (exact) mass is 450 g/mol. The van der Waals surface area contributed by atoms with Gasteiger partial charge >= 0.3 is 6.18 Å². The van der Waals surface area contributed by atoms with Crippen molar-refractivity contribution in [3.8, 4) is 11.8 Å². The quantitative estimate of drug-likeness (QED) is 0.716. The van der Waals surface area contributed by atoms with Crippen LogP contribution in [0.15, 0.2) is 23.1 Å². The number of nitrogens with one attached hydrogen (secondary N) is 1. The molecule has 0 aliphatic heterocycles. The fraction of sp³-hybridized carbons (Fsp3) is 0.556. The lowest BCUT2D eigenvalue weighted by atomic mass is 10.1. The first-order valence-corrected chi connectivity index (χ1v) is 10.8. The molecule has 6 nitrogen and oxygen atoms in total. The summed E-state index contributed by atoms with van der Waals surface area (Å²) in [6.07, 6.45) is -2.64. The highest BCUT2D eigenvalue weighted by atomic mass is 35.5. The van der Waals surface area contributed by atoms with Crippen molar-refractivity contribution >= 4 is 27.3 Å². The highest BCUT2D eigenvalue weighted by Crippen LogP contribution is 2.39. The predicted octanol–water partition coefficient (Wildman–Crippen LogP) is 3.40. The highest BCUT2D eigenvalue weighted by molar-refractivity contribution is 7.92. The summed E-state index contributed by atoms with van der Waals surface area (Å²) >= 11 is 6.00. The number of halogens is 4. The van der Waals surface area contributed by atoms with Crippen molar-refractivity contribution in [2.75, 3.05) is 6.61 Å². The number of hydrogen-bond donors (Lipinski definition) is 1. The van der Waals surface area contributed by atoms with Crippen LogP contribution >= 0.6 is 11.6 Å². The van der Waals surface area contributed by atoms with Gasteiger partial charge in [0.1, 0.15) is 11.3 Å². The van der Waals surface area contributed by atoms with Crippen molar-refractivity contribution in [2.24, 2.45) is 5.92 Å². The number of hydrogen-bond acceptors (Lipinski definition) is 5. The molecule has 0 saturated heterocycles. The molecule has 2 atom stereocenters. The predicted molar refractivity (Wildman–Crippen MR) is 97.0 cm³/mol.